The molecule has 0 radical (unpaired) electrons. The van der Waals surface area contributed by atoms with Crippen LogP contribution in [0.4, 0.5) is 0 Å². The third-order valence-electron chi connectivity index (χ3n) is 7.22. The largest absolute Gasteiger partial charge is 0.279 e. The van der Waals surface area contributed by atoms with Crippen LogP contribution in [0.2, 0.25) is 0 Å². The van der Waals surface area contributed by atoms with E-state index in [9.17, 15) is 9.59 Å². The highest BCUT2D eigenvalue weighted by atomic mass is 16.1. The first kappa shape index (κ1) is 13.7. The molecule has 0 N–H and O–H groups in total. The lowest BCUT2D eigenvalue weighted by Crippen LogP contribution is -2.37. The molecule has 0 aromatic carbocycles. The van der Waals surface area contributed by atoms with Crippen LogP contribution in [0.1, 0.15) is 72.4 Å². The van der Waals surface area contributed by atoms with Crippen LogP contribution in [0.3, 0.4) is 0 Å². The molecular weight excluding hydrogens is 328 g/mol. The summed E-state index contributed by atoms with van der Waals surface area (Å²) in [6.07, 6.45) is 14.3. The monoisotopic (exact) mass is 348 g/mol. The van der Waals surface area contributed by atoms with E-state index in [2.05, 4.69) is 33.7 Å². The van der Waals surface area contributed by atoms with E-state index >= 15 is 0 Å². The smallest absolute Gasteiger partial charge is 0.271 e. The Morgan fingerprint density at radius 3 is 1.27 bits per heavy atom. The summed E-state index contributed by atoms with van der Waals surface area (Å²) in [6, 6.07) is 0.926. The molecular formula is C20H20N4O2. The third-order valence-corrected chi connectivity index (χ3v) is 7.22. The quantitative estimate of drug-likeness (QED) is 0.584. The Labute approximate surface area is 149 Å². The van der Waals surface area contributed by atoms with Gasteiger partial charge in [0, 0.05) is 35.4 Å². The van der Waals surface area contributed by atoms with Crippen LogP contribution >= 0.6 is 0 Å². The van der Waals surface area contributed by atoms with Crippen molar-refractivity contribution in [2.75, 3.05) is 0 Å². The first-order valence-electron chi connectivity index (χ1n) is 9.78. The molecule has 4 bridgehead atoms. The fourth-order valence-electron chi connectivity index (χ4n) is 6.06. The molecule has 3 aliphatic carbocycles. The van der Waals surface area contributed by atoms with Gasteiger partial charge in [0.05, 0.1) is 24.2 Å². The van der Waals surface area contributed by atoms with Crippen LogP contribution in [0.15, 0.2) is 33.9 Å². The fourth-order valence-corrected chi connectivity index (χ4v) is 6.06. The normalized spacial score (nSPS) is 31.7. The second kappa shape index (κ2) is 4.24. The van der Waals surface area contributed by atoms with Gasteiger partial charge in [-0.05, 0) is 25.7 Å². The van der Waals surface area contributed by atoms with Crippen molar-refractivity contribution in [3.05, 3.63) is 67.5 Å². The van der Waals surface area contributed by atoms with Crippen molar-refractivity contribution in [3.63, 3.8) is 0 Å². The van der Waals surface area contributed by atoms with E-state index in [0.717, 1.165) is 48.2 Å². The summed E-state index contributed by atoms with van der Waals surface area (Å²) in [7, 11) is 0. The number of hydrogen-bond acceptors (Lipinski definition) is 2. The molecule has 6 heterocycles. The van der Waals surface area contributed by atoms with Gasteiger partial charge in [0.1, 0.15) is 0 Å². The van der Waals surface area contributed by atoms with Gasteiger partial charge in [-0.15, -0.1) is 0 Å². The van der Waals surface area contributed by atoms with Crippen LogP contribution in [0, 0.1) is 0 Å². The van der Waals surface area contributed by atoms with Crippen LogP contribution in [-0.2, 0) is 12.8 Å². The number of aromatic nitrogens is 4. The minimum absolute atomic E-state index is 0.161. The Morgan fingerprint density at radius 1 is 0.577 bits per heavy atom. The zero-order chi connectivity index (χ0) is 17.2. The third kappa shape index (κ3) is 1.36. The molecule has 0 amide bonds. The van der Waals surface area contributed by atoms with Gasteiger partial charge >= 0.3 is 0 Å². The Bertz CT molecular complexity index is 1080. The maximum atomic E-state index is 13.2. The van der Waals surface area contributed by atoms with E-state index in [1.807, 2.05) is 9.36 Å². The van der Waals surface area contributed by atoms with Crippen LogP contribution in [0.5, 0.6) is 0 Å². The molecule has 0 saturated carbocycles. The van der Waals surface area contributed by atoms with Crippen LogP contribution in [-0.4, -0.2) is 18.7 Å². The molecule has 4 atom stereocenters. The van der Waals surface area contributed by atoms with E-state index in [1.54, 1.807) is 0 Å². The van der Waals surface area contributed by atoms with E-state index in [0.29, 0.717) is 12.8 Å². The fraction of sp³-hybridized carbons (Fsp3) is 0.500. The molecule has 6 heteroatoms. The molecule has 6 nitrogen and oxygen atoms in total. The van der Waals surface area contributed by atoms with E-state index in [1.165, 1.54) is 0 Å². The van der Waals surface area contributed by atoms with Crippen molar-refractivity contribution >= 4 is 0 Å². The number of nitrogens with zero attached hydrogens (tertiary/aromatic N) is 4. The molecule has 0 saturated heterocycles. The van der Waals surface area contributed by atoms with Crippen molar-refractivity contribution in [2.24, 2.45) is 0 Å². The highest BCUT2D eigenvalue weighted by molar-refractivity contribution is 5.41. The van der Waals surface area contributed by atoms with Gasteiger partial charge in [-0.2, -0.15) is 0 Å². The van der Waals surface area contributed by atoms with Crippen molar-refractivity contribution in [2.45, 2.75) is 62.7 Å². The molecule has 26 heavy (non-hydrogen) atoms. The SMILES string of the molecule is O=c1c2c(n3n1C1C=CC3CC1)Cc1c(n3n(c1=O)C1C=CC3CC1)C2. The number of rotatable bonds is 0. The highest BCUT2D eigenvalue weighted by Gasteiger charge is 2.40. The van der Waals surface area contributed by atoms with E-state index < -0.39 is 0 Å². The van der Waals surface area contributed by atoms with Gasteiger partial charge in [-0.3, -0.25) is 19.0 Å². The van der Waals surface area contributed by atoms with E-state index in [-0.39, 0.29) is 35.3 Å². The minimum Gasteiger partial charge on any atom is -0.279 e. The van der Waals surface area contributed by atoms with Crippen molar-refractivity contribution in [3.8, 4) is 0 Å². The lowest BCUT2D eigenvalue weighted by molar-refractivity contribution is 0.257. The lowest BCUT2D eigenvalue weighted by Gasteiger charge is -2.36. The van der Waals surface area contributed by atoms with Gasteiger partial charge < -0.3 is 0 Å². The zero-order valence-electron chi connectivity index (χ0n) is 14.5. The van der Waals surface area contributed by atoms with Gasteiger partial charge in [-0.1, -0.05) is 24.3 Å². The summed E-state index contributed by atoms with van der Waals surface area (Å²) in [5.41, 5.74) is 4.34. The first-order chi connectivity index (χ1) is 12.7. The predicted molar refractivity (Wildman–Crippen MR) is 95.9 cm³/mol. The van der Waals surface area contributed by atoms with Gasteiger partial charge in [0.2, 0.25) is 0 Å². The van der Waals surface area contributed by atoms with E-state index in [4.69, 9.17) is 0 Å². The summed E-state index contributed by atoms with van der Waals surface area (Å²) < 4.78 is 8.35. The summed E-state index contributed by atoms with van der Waals surface area (Å²) in [4.78, 5) is 26.4. The maximum absolute atomic E-state index is 13.2. The Balaban J connectivity index is 1.48. The summed E-state index contributed by atoms with van der Waals surface area (Å²) >= 11 is 0. The Morgan fingerprint density at radius 2 is 0.923 bits per heavy atom. The second-order valence-electron chi connectivity index (χ2n) is 8.39. The first-order valence-corrected chi connectivity index (χ1v) is 9.78. The van der Waals surface area contributed by atoms with Crippen molar-refractivity contribution in [1.29, 1.82) is 0 Å². The van der Waals surface area contributed by atoms with Crippen molar-refractivity contribution in [1.82, 2.24) is 18.7 Å². The highest BCUT2D eigenvalue weighted by Crippen LogP contribution is 2.41. The number of fused-ring (bicyclic) bond motifs is 4. The molecule has 0 fully saturated rings. The molecule has 4 unspecified atom stereocenters. The lowest BCUT2D eigenvalue weighted by atomic mass is 9.93. The number of hydrogen-bond donors (Lipinski definition) is 0. The predicted octanol–water partition coefficient (Wildman–Crippen LogP) is 2.00. The zero-order valence-corrected chi connectivity index (χ0v) is 14.5. The summed E-state index contributed by atoms with van der Waals surface area (Å²) in [6.45, 7) is 0. The molecule has 9 rings (SSSR count). The average molecular weight is 348 g/mol. The topological polar surface area (TPSA) is 53.9 Å². The second-order valence-corrected chi connectivity index (χ2v) is 8.39. The Kier molecular flexibility index (Phi) is 2.23. The van der Waals surface area contributed by atoms with Crippen molar-refractivity contribution < 1.29 is 0 Å². The van der Waals surface area contributed by atoms with Gasteiger partial charge in [-0.25, -0.2) is 9.36 Å². The molecule has 4 aliphatic heterocycles. The molecule has 132 valence electrons. The minimum atomic E-state index is 0.161. The average Bonchev–Trinajstić information content (AvgIpc) is 3.18. The molecule has 0 spiro atoms. The van der Waals surface area contributed by atoms with Gasteiger partial charge in [0.25, 0.3) is 11.1 Å². The van der Waals surface area contributed by atoms with Crippen LogP contribution in [0.25, 0.3) is 0 Å². The molecule has 2 aromatic rings. The number of allylic oxidation sites excluding steroid dienone is 4. The standard InChI is InChI=1S/C20H20N4O2/c25-19-15-10-18-16(20(26)24-14-7-3-12(4-8-14)22(18)24)9-17(15)21-11-1-5-13(6-2-11)23(19)21/h1,3,5,7,11-14H,2,4,6,8-10H2. The summed E-state index contributed by atoms with van der Waals surface area (Å²) in [5.74, 6) is 0. The van der Waals surface area contributed by atoms with Gasteiger partial charge in [0.15, 0.2) is 0 Å². The molecule has 2 aromatic heterocycles. The van der Waals surface area contributed by atoms with Crippen LogP contribution < -0.4 is 11.1 Å². The maximum Gasteiger partial charge on any atom is 0.271 e. The molecule has 7 aliphatic rings. The Hall–Kier alpha value is -2.50. The summed E-state index contributed by atoms with van der Waals surface area (Å²) in [5, 5.41) is 0.